The predicted molar refractivity (Wildman–Crippen MR) is 114 cm³/mol. The van der Waals surface area contributed by atoms with Gasteiger partial charge in [0.2, 0.25) is 0 Å². The minimum atomic E-state index is -0.829. The largest absolute Gasteiger partial charge is 0.497 e. The van der Waals surface area contributed by atoms with Gasteiger partial charge >= 0.3 is 0 Å². The van der Waals surface area contributed by atoms with Crippen molar-refractivity contribution in [3.8, 4) is 17.0 Å². The van der Waals surface area contributed by atoms with E-state index in [9.17, 15) is 9.00 Å². The molecule has 3 aromatic rings. The number of aromatic nitrogens is 2. The maximum absolute atomic E-state index is 13.2. The van der Waals surface area contributed by atoms with Crippen molar-refractivity contribution in [3.05, 3.63) is 71.9 Å². The third-order valence-electron chi connectivity index (χ3n) is 5.01. The van der Waals surface area contributed by atoms with Crippen LogP contribution in [0.5, 0.6) is 5.75 Å². The third-order valence-corrected chi connectivity index (χ3v) is 6.28. The lowest BCUT2D eigenvalue weighted by atomic mass is 10.1. The van der Waals surface area contributed by atoms with Gasteiger partial charge in [0.15, 0.2) is 0 Å². The molecule has 29 heavy (non-hydrogen) atoms. The van der Waals surface area contributed by atoms with Crippen molar-refractivity contribution >= 4 is 16.7 Å². The number of methoxy groups -OCH3 is 1. The molecule has 6 nitrogen and oxygen atoms in total. The number of rotatable bonds is 5. The fourth-order valence-corrected chi connectivity index (χ4v) is 4.45. The van der Waals surface area contributed by atoms with E-state index in [0.29, 0.717) is 42.4 Å². The molecule has 1 amide bonds. The minimum absolute atomic E-state index is 0.0631. The van der Waals surface area contributed by atoms with Crippen LogP contribution in [-0.4, -0.2) is 56.5 Å². The third kappa shape index (κ3) is 4.40. The van der Waals surface area contributed by atoms with E-state index in [1.54, 1.807) is 12.0 Å². The highest BCUT2D eigenvalue weighted by molar-refractivity contribution is 7.85. The SMILES string of the molecule is COc1ccc(-c2nn(Cc3ccccc3)cc2C(=O)N2CCS(=O)CC2)cc1. The zero-order chi connectivity index (χ0) is 20.2. The molecule has 2 aromatic carbocycles. The normalized spacial score (nSPS) is 14.7. The lowest BCUT2D eigenvalue weighted by molar-refractivity contribution is 0.0772. The van der Waals surface area contributed by atoms with E-state index in [-0.39, 0.29) is 5.91 Å². The second kappa shape index (κ2) is 8.61. The molecule has 2 heterocycles. The summed E-state index contributed by atoms with van der Waals surface area (Å²) in [7, 11) is 0.795. The van der Waals surface area contributed by atoms with E-state index >= 15 is 0 Å². The van der Waals surface area contributed by atoms with Crippen LogP contribution in [-0.2, 0) is 17.3 Å². The number of hydrogen-bond acceptors (Lipinski definition) is 4. The van der Waals surface area contributed by atoms with Crippen LogP contribution in [0.15, 0.2) is 60.8 Å². The summed E-state index contributed by atoms with van der Waals surface area (Å²) in [5, 5.41) is 4.73. The number of benzene rings is 2. The van der Waals surface area contributed by atoms with Gasteiger partial charge in [-0.3, -0.25) is 13.7 Å². The standard InChI is InChI=1S/C22H23N3O3S/c1-28-19-9-7-18(8-10-19)21-20(22(26)24-11-13-29(27)14-12-24)16-25(23-21)15-17-5-3-2-4-6-17/h2-10,16H,11-15H2,1H3. The van der Waals surface area contributed by atoms with E-state index in [4.69, 9.17) is 9.84 Å². The number of nitrogens with zero attached hydrogens (tertiary/aromatic N) is 3. The van der Waals surface area contributed by atoms with Gasteiger partial charge < -0.3 is 9.64 Å². The second-order valence-electron chi connectivity index (χ2n) is 6.94. The van der Waals surface area contributed by atoms with Crippen LogP contribution >= 0.6 is 0 Å². The molecule has 0 spiro atoms. The first kappa shape index (κ1) is 19.4. The topological polar surface area (TPSA) is 64.4 Å². The summed E-state index contributed by atoms with van der Waals surface area (Å²) in [5.41, 5.74) is 3.20. The van der Waals surface area contributed by atoms with E-state index in [1.165, 1.54) is 0 Å². The molecule has 0 radical (unpaired) electrons. The fourth-order valence-electron chi connectivity index (χ4n) is 3.40. The van der Waals surface area contributed by atoms with Gasteiger partial charge in [-0.2, -0.15) is 5.10 Å². The molecular formula is C22H23N3O3S. The Balaban J connectivity index is 1.68. The first-order valence-corrected chi connectivity index (χ1v) is 11.0. The molecule has 1 aliphatic rings. The Labute approximate surface area is 172 Å². The average molecular weight is 410 g/mol. The molecule has 0 saturated carbocycles. The number of carbonyl (C=O) groups is 1. The summed E-state index contributed by atoms with van der Waals surface area (Å²) in [6, 6.07) is 17.6. The maximum Gasteiger partial charge on any atom is 0.257 e. The van der Waals surface area contributed by atoms with Crippen LogP contribution in [0.2, 0.25) is 0 Å². The van der Waals surface area contributed by atoms with Crippen molar-refractivity contribution in [1.29, 1.82) is 0 Å². The smallest absolute Gasteiger partial charge is 0.257 e. The first-order chi connectivity index (χ1) is 14.1. The minimum Gasteiger partial charge on any atom is -0.497 e. The summed E-state index contributed by atoms with van der Waals surface area (Å²) in [5.74, 6) is 1.75. The molecule has 150 valence electrons. The zero-order valence-electron chi connectivity index (χ0n) is 16.3. The summed E-state index contributed by atoms with van der Waals surface area (Å²) >= 11 is 0. The molecule has 1 saturated heterocycles. The van der Waals surface area contributed by atoms with Crippen LogP contribution in [0.1, 0.15) is 15.9 Å². The van der Waals surface area contributed by atoms with Gasteiger partial charge in [0, 0.05) is 47.2 Å². The molecule has 1 aromatic heterocycles. The Kier molecular flexibility index (Phi) is 5.76. The van der Waals surface area contributed by atoms with E-state index < -0.39 is 10.8 Å². The molecule has 0 N–H and O–H groups in total. The van der Waals surface area contributed by atoms with Gasteiger partial charge in [0.1, 0.15) is 11.4 Å². The van der Waals surface area contributed by atoms with E-state index in [0.717, 1.165) is 16.9 Å². The Hall–Kier alpha value is -2.93. The van der Waals surface area contributed by atoms with E-state index in [2.05, 4.69) is 0 Å². The molecule has 4 rings (SSSR count). The number of hydrogen-bond donors (Lipinski definition) is 0. The van der Waals surface area contributed by atoms with E-state index in [1.807, 2.05) is 65.5 Å². The van der Waals surface area contributed by atoms with Gasteiger partial charge in [0.25, 0.3) is 5.91 Å². The van der Waals surface area contributed by atoms with Gasteiger partial charge in [-0.15, -0.1) is 0 Å². The molecule has 1 aliphatic heterocycles. The van der Waals surface area contributed by atoms with Crippen molar-refractivity contribution in [2.24, 2.45) is 0 Å². The van der Waals surface area contributed by atoms with Crippen molar-refractivity contribution in [3.63, 3.8) is 0 Å². The van der Waals surface area contributed by atoms with Crippen LogP contribution in [0.25, 0.3) is 11.3 Å². The Morgan fingerprint density at radius 1 is 1.07 bits per heavy atom. The van der Waals surface area contributed by atoms with Crippen molar-refractivity contribution in [2.45, 2.75) is 6.54 Å². The summed E-state index contributed by atoms with van der Waals surface area (Å²) < 4.78 is 18.7. The maximum atomic E-state index is 13.2. The highest BCUT2D eigenvalue weighted by Gasteiger charge is 2.26. The molecule has 0 unspecified atom stereocenters. The van der Waals surface area contributed by atoms with Gasteiger partial charge in [-0.1, -0.05) is 30.3 Å². The van der Waals surface area contributed by atoms with Crippen molar-refractivity contribution in [1.82, 2.24) is 14.7 Å². The Bertz CT molecular complexity index is 1010. The first-order valence-electron chi connectivity index (χ1n) is 9.54. The van der Waals surface area contributed by atoms with Crippen molar-refractivity contribution in [2.75, 3.05) is 31.7 Å². The quantitative estimate of drug-likeness (QED) is 0.650. The number of amides is 1. The van der Waals surface area contributed by atoms with Gasteiger partial charge in [-0.05, 0) is 29.8 Å². The predicted octanol–water partition coefficient (Wildman–Crippen LogP) is 2.81. The highest BCUT2D eigenvalue weighted by Crippen LogP contribution is 2.26. The second-order valence-corrected chi connectivity index (χ2v) is 8.64. The van der Waals surface area contributed by atoms with Gasteiger partial charge in [0.05, 0.1) is 19.2 Å². The molecule has 7 heteroatoms. The number of carbonyl (C=O) groups excluding carboxylic acids is 1. The lowest BCUT2D eigenvalue weighted by Gasteiger charge is -2.26. The fraction of sp³-hybridized carbons (Fsp3) is 0.273. The van der Waals surface area contributed by atoms with Crippen LogP contribution in [0, 0.1) is 0 Å². The molecule has 0 atom stereocenters. The summed E-state index contributed by atoms with van der Waals surface area (Å²) in [6.45, 7) is 1.61. The monoisotopic (exact) mass is 409 g/mol. The molecule has 1 fully saturated rings. The average Bonchev–Trinajstić information content (AvgIpc) is 3.18. The Morgan fingerprint density at radius 2 is 1.76 bits per heavy atom. The van der Waals surface area contributed by atoms with Crippen molar-refractivity contribution < 1.29 is 13.7 Å². The number of ether oxygens (including phenoxy) is 1. The highest BCUT2D eigenvalue weighted by atomic mass is 32.2. The summed E-state index contributed by atoms with van der Waals surface area (Å²) in [6.07, 6.45) is 1.82. The van der Waals surface area contributed by atoms with Gasteiger partial charge in [-0.25, -0.2) is 0 Å². The van der Waals surface area contributed by atoms with Crippen LogP contribution in [0.4, 0.5) is 0 Å². The molecule has 0 aliphatic carbocycles. The zero-order valence-corrected chi connectivity index (χ0v) is 17.1. The van der Waals surface area contributed by atoms with Crippen LogP contribution in [0.3, 0.4) is 0 Å². The molecular weight excluding hydrogens is 386 g/mol. The molecule has 0 bridgehead atoms. The van der Waals surface area contributed by atoms with Crippen LogP contribution < -0.4 is 4.74 Å². The Morgan fingerprint density at radius 3 is 2.41 bits per heavy atom. The summed E-state index contributed by atoms with van der Waals surface area (Å²) in [4.78, 5) is 15.0. The lowest BCUT2D eigenvalue weighted by Crippen LogP contribution is -2.41.